The van der Waals surface area contributed by atoms with Crippen molar-refractivity contribution < 1.29 is 26.9 Å². The number of nitrogens with zero attached hydrogens (tertiary/aromatic N) is 1. The Morgan fingerprint density at radius 2 is 1.83 bits per heavy atom. The van der Waals surface area contributed by atoms with E-state index in [4.69, 9.17) is 13.7 Å². The van der Waals surface area contributed by atoms with Gasteiger partial charge in [0.25, 0.3) is 5.91 Å². The number of para-hydroxylation sites is 1. The van der Waals surface area contributed by atoms with Crippen molar-refractivity contribution in [2.45, 2.75) is 25.5 Å². The number of benzene rings is 2. The molecule has 1 aliphatic rings. The lowest BCUT2D eigenvalue weighted by molar-refractivity contribution is -0.135. The van der Waals surface area contributed by atoms with Crippen LogP contribution in [-0.4, -0.2) is 51.3 Å². The Labute approximate surface area is 171 Å². The van der Waals surface area contributed by atoms with E-state index < -0.39 is 10.1 Å². The van der Waals surface area contributed by atoms with Crippen molar-refractivity contribution in [3.63, 3.8) is 0 Å². The number of hydrogen-bond donors (Lipinski definition) is 0. The zero-order valence-corrected chi connectivity index (χ0v) is 17.1. The van der Waals surface area contributed by atoms with Gasteiger partial charge in [-0.15, -0.1) is 0 Å². The number of amides is 1. The summed E-state index contributed by atoms with van der Waals surface area (Å²) in [5.74, 6) is 0.738. The molecule has 1 unspecified atom stereocenters. The van der Waals surface area contributed by atoms with Crippen LogP contribution in [0.1, 0.15) is 18.4 Å². The van der Waals surface area contributed by atoms with Gasteiger partial charge in [0.2, 0.25) is 0 Å². The van der Waals surface area contributed by atoms with Gasteiger partial charge in [0.05, 0.1) is 12.4 Å². The van der Waals surface area contributed by atoms with Crippen LogP contribution in [0.25, 0.3) is 0 Å². The van der Waals surface area contributed by atoms with Gasteiger partial charge in [-0.2, -0.15) is 8.42 Å². The second-order valence-corrected chi connectivity index (χ2v) is 8.52. The molecule has 0 N–H and O–H groups in total. The second-order valence-electron chi connectivity index (χ2n) is 6.94. The van der Waals surface area contributed by atoms with Crippen LogP contribution in [0.4, 0.5) is 0 Å². The normalized spacial score (nSPS) is 16.4. The molecule has 2 aromatic carbocycles. The number of carbonyl (C=O) groups is 1. The van der Waals surface area contributed by atoms with E-state index >= 15 is 0 Å². The van der Waals surface area contributed by atoms with Gasteiger partial charge in [-0.3, -0.25) is 4.79 Å². The van der Waals surface area contributed by atoms with Crippen LogP contribution in [-0.2, 0) is 26.2 Å². The van der Waals surface area contributed by atoms with Crippen LogP contribution in [0.2, 0.25) is 0 Å². The predicted molar refractivity (Wildman–Crippen MR) is 108 cm³/mol. The minimum absolute atomic E-state index is 0.0171. The SMILES string of the molecule is CS(=O)(=O)Oc1ccc(CN(CC2CCCO2)C(=O)COc2ccccc2)cc1. The molecule has 3 rings (SSSR count). The molecule has 1 saturated heterocycles. The van der Waals surface area contributed by atoms with Crippen LogP contribution >= 0.6 is 0 Å². The maximum Gasteiger partial charge on any atom is 0.306 e. The van der Waals surface area contributed by atoms with Crippen molar-refractivity contribution in [1.29, 1.82) is 0 Å². The van der Waals surface area contributed by atoms with Crippen LogP contribution < -0.4 is 8.92 Å². The molecule has 29 heavy (non-hydrogen) atoms. The highest BCUT2D eigenvalue weighted by atomic mass is 32.2. The van der Waals surface area contributed by atoms with E-state index in [-0.39, 0.29) is 24.4 Å². The molecule has 1 atom stereocenters. The summed E-state index contributed by atoms with van der Waals surface area (Å²) in [6, 6.07) is 15.8. The van der Waals surface area contributed by atoms with Crippen molar-refractivity contribution >= 4 is 16.0 Å². The first-order valence-electron chi connectivity index (χ1n) is 9.45. The second kappa shape index (κ2) is 9.76. The standard InChI is InChI=1S/C21H25NO6S/c1-29(24,25)28-19-11-9-17(10-12-19)14-22(15-20-8-5-13-26-20)21(23)16-27-18-6-3-2-4-7-18/h2-4,6-7,9-12,20H,5,8,13-16H2,1H3. The third-order valence-corrected chi connectivity index (χ3v) is 4.95. The minimum atomic E-state index is -3.57. The zero-order valence-electron chi connectivity index (χ0n) is 16.3. The van der Waals surface area contributed by atoms with E-state index in [1.54, 1.807) is 41.3 Å². The lowest BCUT2D eigenvalue weighted by Gasteiger charge is -2.25. The first-order chi connectivity index (χ1) is 13.9. The van der Waals surface area contributed by atoms with E-state index in [9.17, 15) is 13.2 Å². The fourth-order valence-corrected chi connectivity index (χ4v) is 3.55. The fraction of sp³-hybridized carbons (Fsp3) is 0.381. The van der Waals surface area contributed by atoms with E-state index in [1.807, 2.05) is 18.2 Å². The molecule has 1 aliphatic heterocycles. The summed E-state index contributed by atoms with van der Waals surface area (Å²) in [6.45, 7) is 1.51. The van der Waals surface area contributed by atoms with Crippen LogP contribution in [0.15, 0.2) is 54.6 Å². The minimum Gasteiger partial charge on any atom is -0.484 e. The summed E-state index contributed by atoms with van der Waals surface area (Å²) in [4.78, 5) is 14.5. The summed E-state index contributed by atoms with van der Waals surface area (Å²) in [5, 5.41) is 0. The molecule has 0 bridgehead atoms. The largest absolute Gasteiger partial charge is 0.484 e. The molecule has 0 spiro atoms. The third kappa shape index (κ3) is 7.07. The molecule has 2 aromatic rings. The average Bonchev–Trinajstić information content (AvgIpc) is 3.20. The Bertz CT molecular complexity index is 893. The zero-order chi connectivity index (χ0) is 20.7. The molecule has 0 aromatic heterocycles. The molecule has 156 valence electrons. The van der Waals surface area contributed by atoms with E-state index in [0.717, 1.165) is 24.7 Å². The molecule has 1 fully saturated rings. The van der Waals surface area contributed by atoms with Gasteiger partial charge >= 0.3 is 10.1 Å². The van der Waals surface area contributed by atoms with Gasteiger partial charge in [0, 0.05) is 19.7 Å². The summed E-state index contributed by atoms with van der Waals surface area (Å²) in [6.07, 6.45) is 2.92. The predicted octanol–water partition coefficient (Wildman–Crippen LogP) is 2.61. The summed E-state index contributed by atoms with van der Waals surface area (Å²) < 4.78 is 38.6. The highest BCUT2D eigenvalue weighted by molar-refractivity contribution is 7.86. The quantitative estimate of drug-likeness (QED) is 0.581. The van der Waals surface area contributed by atoms with Crippen molar-refractivity contribution in [3.8, 4) is 11.5 Å². The van der Waals surface area contributed by atoms with E-state index in [0.29, 0.717) is 25.4 Å². The van der Waals surface area contributed by atoms with E-state index in [2.05, 4.69) is 0 Å². The Balaban J connectivity index is 1.65. The van der Waals surface area contributed by atoms with Gasteiger partial charge in [-0.05, 0) is 42.7 Å². The number of carbonyl (C=O) groups excluding carboxylic acids is 1. The van der Waals surface area contributed by atoms with Crippen molar-refractivity contribution in [1.82, 2.24) is 4.90 Å². The Kier molecular flexibility index (Phi) is 7.11. The lowest BCUT2D eigenvalue weighted by atomic mass is 10.1. The monoisotopic (exact) mass is 419 g/mol. The molecular formula is C21H25NO6S. The van der Waals surface area contributed by atoms with Gasteiger partial charge in [0.15, 0.2) is 6.61 Å². The Morgan fingerprint density at radius 1 is 1.10 bits per heavy atom. The third-order valence-electron chi connectivity index (χ3n) is 4.45. The molecule has 0 aliphatic carbocycles. The molecular weight excluding hydrogens is 394 g/mol. The smallest absolute Gasteiger partial charge is 0.306 e. The first kappa shape index (κ1) is 21.1. The van der Waals surface area contributed by atoms with Crippen LogP contribution in [0.3, 0.4) is 0 Å². The van der Waals surface area contributed by atoms with Crippen LogP contribution in [0.5, 0.6) is 11.5 Å². The fourth-order valence-electron chi connectivity index (χ4n) is 3.09. The Morgan fingerprint density at radius 3 is 2.45 bits per heavy atom. The van der Waals surface area contributed by atoms with Crippen molar-refractivity contribution in [2.24, 2.45) is 0 Å². The average molecular weight is 419 g/mol. The van der Waals surface area contributed by atoms with Gasteiger partial charge in [-0.1, -0.05) is 30.3 Å². The topological polar surface area (TPSA) is 82.1 Å². The van der Waals surface area contributed by atoms with Crippen LogP contribution in [0, 0.1) is 0 Å². The number of rotatable bonds is 9. The summed E-state index contributed by atoms with van der Waals surface area (Å²) in [7, 11) is -3.57. The molecule has 1 heterocycles. The number of ether oxygens (including phenoxy) is 2. The highest BCUT2D eigenvalue weighted by Gasteiger charge is 2.23. The maximum absolute atomic E-state index is 12.8. The lowest BCUT2D eigenvalue weighted by Crippen LogP contribution is -2.39. The molecule has 8 heteroatoms. The summed E-state index contributed by atoms with van der Waals surface area (Å²) in [5.41, 5.74) is 0.858. The molecule has 0 radical (unpaired) electrons. The highest BCUT2D eigenvalue weighted by Crippen LogP contribution is 2.18. The number of hydrogen-bond acceptors (Lipinski definition) is 6. The van der Waals surface area contributed by atoms with Gasteiger partial charge < -0.3 is 18.6 Å². The summed E-state index contributed by atoms with van der Waals surface area (Å²) >= 11 is 0. The van der Waals surface area contributed by atoms with Gasteiger partial charge in [-0.25, -0.2) is 0 Å². The van der Waals surface area contributed by atoms with Crippen molar-refractivity contribution in [3.05, 3.63) is 60.2 Å². The first-order valence-corrected chi connectivity index (χ1v) is 11.3. The molecule has 7 nitrogen and oxygen atoms in total. The van der Waals surface area contributed by atoms with Crippen molar-refractivity contribution in [2.75, 3.05) is 26.0 Å². The Hall–Kier alpha value is -2.58. The molecule has 0 saturated carbocycles. The maximum atomic E-state index is 12.8. The molecule has 1 amide bonds. The van der Waals surface area contributed by atoms with Gasteiger partial charge in [0.1, 0.15) is 11.5 Å². The van der Waals surface area contributed by atoms with E-state index in [1.165, 1.54) is 0 Å².